The van der Waals surface area contributed by atoms with Crippen molar-refractivity contribution in [2.24, 2.45) is 5.92 Å². The average molecular weight is 360 g/mol. The van der Waals surface area contributed by atoms with Gasteiger partial charge in [-0.05, 0) is 5.92 Å². The fourth-order valence-electron chi connectivity index (χ4n) is 1.28. The second-order valence-electron chi connectivity index (χ2n) is 4.31. The lowest BCUT2D eigenvalue weighted by molar-refractivity contribution is 0.492. The van der Waals surface area contributed by atoms with Gasteiger partial charge in [-0.25, -0.2) is 26.3 Å². The quantitative estimate of drug-likeness (QED) is 0.821. The van der Waals surface area contributed by atoms with Crippen LogP contribution in [0.4, 0.5) is 13.2 Å². The van der Waals surface area contributed by atoms with Crippen molar-refractivity contribution in [3.63, 3.8) is 0 Å². The first-order chi connectivity index (χ1) is 8.65. The molecule has 0 aromatic heterocycles. The van der Waals surface area contributed by atoms with Gasteiger partial charge < -0.3 is 0 Å². The molecule has 0 aliphatic rings. The van der Waals surface area contributed by atoms with E-state index >= 15 is 0 Å². The van der Waals surface area contributed by atoms with E-state index < -0.39 is 32.4 Å². The molecule has 0 saturated carbocycles. The van der Waals surface area contributed by atoms with Gasteiger partial charge in [0.1, 0.15) is 17.5 Å². The molecule has 0 saturated heterocycles. The van der Waals surface area contributed by atoms with Gasteiger partial charge in [0.25, 0.3) is 0 Å². The van der Waals surface area contributed by atoms with Crippen LogP contribution >= 0.6 is 15.9 Å². The minimum absolute atomic E-state index is 0.0315. The number of benzene rings is 1. The van der Waals surface area contributed by atoms with Crippen LogP contribution in [0.15, 0.2) is 17.0 Å². The van der Waals surface area contributed by atoms with Crippen LogP contribution in [0.3, 0.4) is 0 Å². The van der Waals surface area contributed by atoms with E-state index in [4.69, 9.17) is 0 Å². The van der Waals surface area contributed by atoms with Crippen LogP contribution in [0.1, 0.15) is 13.8 Å². The minimum atomic E-state index is -4.36. The van der Waals surface area contributed by atoms with Crippen LogP contribution in [0.25, 0.3) is 0 Å². The minimum Gasteiger partial charge on any atom is -0.210 e. The smallest absolute Gasteiger partial charge is 0.210 e. The van der Waals surface area contributed by atoms with Crippen molar-refractivity contribution in [3.05, 3.63) is 29.6 Å². The zero-order chi connectivity index (χ0) is 14.8. The summed E-state index contributed by atoms with van der Waals surface area (Å²) >= 11 is 3.24. The maximum atomic E-state index is 13.4. The summed E-state index contributed by atoms with van der Waals surface area (Å²) in [6, 6.07) is 0.650. The van der Waals surface area contributed by atoms with Crippen LogP contribution in [0.2, 0.25) is 0 Å². The first kappa shape index (κ1) is 16.5. The zero-order valence-corrected chi connectivity index (χ0v) is 12.7. The molecule has 0 radical (unpaired) electrons. The Bertz CT molecular complexity index is 540. The summed E-state index contributed by atoms with van der Waals surface area (Å²) in [5.74, 6) is -3.96. The molecule has 3 nitrogen and oxygen atoms in total. The number of hydrogen-bond donors (Lipinski definition) is 1. The molecule has 8 heteroatoms. The fraction of sp³-hybridized carbons (Fsp3) is 0.455. The van der Waals surface area contributed by atoms with Gasteiger partial charge in [0.15, 0.2) is 4.90 Å². The maximum absolute atomic E-state index is 13.4. The Morgan fingerprint density at radius 3 is 2.11 bits per heavy atom. The molecule has 0 fully saturated rings. The first-order valence-electron chi connectivity index (χ1n) is 5.43. The third-order valence-electron chi connectivity index (χ3n) is 2.42. The molecule has 0 amide bonds. The van der Waals surface area contributed by atoms with E-state index in [0.717, 1.165) is 0 Å². The van der Waals surface area contributed by atoms with Crippen molar-refractivity contribution in [2.45, 2.75) is 23.6 Å². The van der Waals surface area contributed by atoms with E-state index in [1.54, 1.807) is 0 Å². The molecule has 1 aromatic rings. The zero-order valence-electron chi connectivity index (χ0n) is 10.3. The Morgan fingerprint density at radius 1 is 1.21 bits per heavy atom. The highest BCUT2D eigenvalue weighted by Crippen LogP contribution is 2.20. The molecular formula is C11H13BrF3NO2S. The monoisotopic (exact) mass is 359 g/mol. The Morgan fingerprint density at radius 2 is 1.68 bits per heavy atom. The number of hydrogen-bond acceptors (Lipinski definition) is 2. The number of halogens is 4. The normalized spacial score (nSPS) is 13.8. The van der Waals surface area contributed by atoms with Gasteiger partial charge in [0.2, 0.25) is 10.0 Å². The Kier molecular flexibility index (Phi) is 5.40. The molecule has 108 valence electrons. The molecule has 1 rings (SSSR count). The van der Waals surface area contributed by atoms with Crippen molar-refractivity contribution in [3.8, 4) is 0 Å². The molecule has 19 heavy (non-hydrogen) atoms. The SMILES string of the molecule is CC(C)C(Br)CNS(=O)(=O)c1c(F)cc(F)cc1F. The lowest BCUT2D eigenvalue weighted by atomic mass is 10.1. The fourth-order valence-corrected chi connectivity index (χ4v) is 2.83. The molecule has 0 bridgehead atoms. The summed E-state index contributed by atoms with van der Waals surface area (Å²) in [7, 11) is -4.36. The summed E-state index contributed by atoms with van der Waals surface area (Å²) in [5.41, 5.74) is 0. The van der Waals surface area contributed by atoms with Crippen LogP contribution in [-0.4, -0.2) is 19.8 Å². The highest BCUT2D eigenvalue weighted by Gasteiger charge is 2.25. The lowest BCUT2D eigenvalue weighted by Crippen LogP contribution is -2.32. The molecule has 0 aliphatic carbocycles. The van der Waals surface area contributed by atoms with Crippen LogP contribution in [-0.2, 0) is 10.0 Å². The molecule has 1 N–H and O–H groups in total. The molecule has 1 aromatic carbocycles. The maximum Gasteiger partial charge on any atom is 0.246 e. The summed E-state index contributed by atoms with van der Waals surface area (Å²) in [6.07, 6.45) is 0. The highest BCUT2D eigenvalue weighted by atomic mass is 79.9. The van der Waals surface area contributed by atoms with Gasteiger partial charge in [0, 0.05) is 23.5 Å². The van der Waals surface area contributed by atoms with Crippen molar-refractivity contribution >= 4 is 26.0 Å². The Balaban J connectivity index is 3.02. The summed E-state index contributed by atoms with van der Waals surface area (Å²) < 4.78 is 65.1. The van der Waals surface area contributed by atoms with Crippen molar-refractivity contribution in [2.75, 3.05) is 6.54 Å². The van der Waals surface area contributed by atoms with Gasteiger partial charge in [0.05, 0.1) is 0 Å². The molecule has 0 heterocycles. The standard InChI is InChI=1S/C11H13BrF3NO2S/c1-6(2)8(12)5-16-19(17,18)11-9(14)3-7(13)4-10(11)15/h3-4,6,8,16H,5H2,1-2H3. The first-order valence-corrected chi connectivity index (χ1v) is 7.83. The van der Waals surface area contributed by atoms with Gasteiger partial charge in [-0.2, -0.15) is 0 Å². The molecule has 1 unspecified atom stereocenters. The summed E-state index contributed by atoms with van der Waals surface area (Å²) in [4.78, 5) is -1.36. The predicted octanol–water partition coefficient (Wildman–Crippen LogP) is 2.80. The third-order valence-corrected chi connectivity index (χ3v) is 5.28. The van der Waals surface area contributed by atoms with Crippen LogP contribution in [0, 0.1) is 23.4 Å². The second-order valence-corrected chi connectivity index (χ2v) is 7.19. The number of rotatable bonds is 5. The average Bonchev–Trinajstić information content (AvgIpc) is 2.23. The second kappa shape index (κ2) is 6.23. The van der Waals surface area contributed by atoms with Gasteiger partial charge >= 0.3 is 0 Å². The lowest BCUT2D eigenvalue weighted by Gasteiger charge is -2.15. The van der Waals surface area contributed by atoms with E-state index in [0.29, 0.717) is 12.1 Å². The van der Waals surface area contributed by atoms with Gasteiger partial charge in [-0.15, -0.1) is 0 Å². The van der Waals surface area contributed by atoms with Gasteiger partial charge in [-0.1, -0.05) is 29.8 Å². The highest BCUT2D eigenvalue weighted by molar-refractivity contribution is 9.09. The van der Waals surface area contributed by atoms with Crippen LogP contribution < -0.4 is 4.72 Å². The van der Waals surface area contributed by atoms with E-state index in [-0.39, 0.29) is 17.3 Å². The third kappa shape index (κ3) is 4.19. The summed E-state index contributed by atoms with van der Waals surface area (Å²) in [6.45, 7) is 3.68. The largest absolute Gasteiger partial charge is 0.246 e. The van der Waals surface area contributed by atoms with Crippen molar-refractivity contribution < 1.29 is 21.6 Å². The van der Waals surface area contributed by atoms with E-state index in [2.05, 4.69) is 20.7 Å². The number of sulfonamides is 1. The summed E-state index contributed by atoms with van der Waals surface area (Å²) in [5, 5.41) is 0. The Labute approximate surface area is 118 Å². The van der Waals surface area contributed by atoms with E-state index in [9.17, 15) is 21.6 Å². The Hall–Kier alpha value is -0.600. The topological polar surface area (TPSA) is 46.2 Å². The van der Waals surface area contributed by atoms with Crippen LogP contribution in [0.5, 0.6) is 0 Å². The van der Waals surface area contributed by atoms with E-state index in [1.165, 1.54) is 0 Å². The van der Waals surface area contributed by atoms with Crippen molar-refractivity contribution in [1.29, 1.82) is 0 Å². The molecule has 0 spiro atoms. The predicted molar refractivity (Wildman–Crippen MR) is 69.1 cm³/mol. The molecule has 0 aliphatic heterocycles. The molecule has 1 atom stereocenters. The number of alkyl halides is 1. The van der Waals surface area contributed by atoms with Crippen molar-refractivity contribution in [1.82, 2.24) is 4.72 Å². The van der Waals surface area contributed by atoms with E-state index in [1.807, 2.05) is 13.8 Å². The number of nitrogens with one attached hydrogen (secondary N) is 1. The van der Waals surface area contributed by atoms with Gasteiger partial charge in [-0.3, -0.25) is 0 Å². The molecular weight excluding hydrogens is 347 g/mol.